The van der Waals surface area contributed by atoms with Gasteiger partial charge in [0, 0.05) is 45.7 Å². The standard InChI is InChI=1S/C35H63N3O3/c1-6-17-37-19-21-38(22-20-37)18-16-36-31(40)11-8-24(3)27-9-10-28-32-29(13-15-34(27,28)4)35(5)14-12-25(39)23-30(35)26(7-2)33(32)41/h24-30,32-33,39,41H,6-23H2,1-5H3,(H,36,40)/t24-,25-,26-,27-,28+,29+,30+,32+,33-,34-,35-/m1/s1. The zero-order valence-corrected chi connectivity index (χ0v) is 27.1. The highest BCUT2D eigenvalue weighted by atomic mass is 16.3. The van der Waals surface area contributed by atoms with Crippen LogP contribution in [0.4, 0.5) is 0 Å². The fraction of sp³-hybridized carbons (Fsp3) is 0.971. The lowest BCUT2D eigenvalue weighted by molar-refractivity contribution is -0.203. The summed E-state index contributed by atoms with van der Waals surface area (Å²) in [7, 11) is 0. The van der Waals surface area contributed by atoms with Gasteiger partial charge in [0.25, 0.3) is 0 Å². The number of rotatable bonds is 10. The fourth-order valence-corrected chi connectivity index (χ4v) is 11.5. The molecular weight excluding hydrogens is 510 g/mol. The molecule has 0 radical (unpaired) electrons. The first-order valence-electron chi connectivity index (χ1n) is 17.7. The third kappa shape index (κ3) is 6.15. The molecule has 41 heavy (non-hydrogen) atoms. The number of fused-ring (bicyclic) bond motifs is 5. The topological polar surface area (TPSA) is 76.0 Å². The van der Waals surface area contributed by atoms with Crippen LogP contribution in [-0.4, -0.2) is 83.9 Å². The Balaban J connectivity index is 1.13. The summed E-state index contributed by atoms with van der Waals surface area (Å²) in [5.41, 5.74) is 0.531. The van der Waals surface area contributed by atoms with Crippen molar-refractivity contribution in [3.63, 3.8) is 0 Å². The molecule has 3 N–H and O–H groups in total. The summed E-state index contributed by atoms with van der Waals surface area (Å²) in [6, 6.07) is 0. The molecule has 0 aromatic rings. The van der Waals surface area contributed by atoms with E-state index in [9.17, 15) is 15.0 Å². The summed E-state index contributed by atoms with van der Waals surface area (Å²) < 4.78 is 0. The molecule has 1 amide bonds. The average Bonchev–Trinajstić information content (AvgIpc) is 3.31. The maximum Gasteiger partial charge on any atom is 0.220 e. The van der Waals surface area contributed by atoms with E-state index in [4.69, 9.17) is 0 Å². The Morgan fingerprint density at radius 1 is 0.902 bits per heavy atom. The molecule has 0 aromatic carbocycles. The van der Waals surface area contributed by atoms with E-state index >= 15 is 0 Å². The van der Waals surface area contributed by atoms with E-state index in [0.29, 0.717) is 47.8 Å². The van der Waals surface area contributed by atoms with Crippen LogP contribution in [0, 0.1) is 52.3 Å². The van der Waals surface area contributed by atoms with Crippen LogP contribution < -0.4 is 5.32 Å². The van der Waals surface area contributed by atoms with Gasteiger partial charge in [-0.25, -0.2) is 0 Å². The Morgan fingerprint density at radius 2 is 1.56 bits per heavy atom. The molecule has 11 atom stereocenters. The SMILES string of the molecule is CCCN1CCN(CCNC(=O)CC[C@@H](C)[C@H]2CC[C@H]3[C@@H]4[C@H](O)[C@H](CC)[C@@H]5C[C@H](O)CC[C@]5(C)[C@H]4CC[C@]23C)CC1. The lowest BCUT2D eigenvalue weighted by atomic mass is 9.41. The summed E-state index contributed by atoms with van der Waals surface area (Å²) >= 11 is 0. The van der Waals surface area contributed by atoms with E-state index in [1.165, 1.54) is 38.6 Å². The van der Waals surface area contributed by atoms with Gasteiger partial charge in [-0.05, 0) is 117 Å². The van der Waals surface area contributed by atoms with Crippen molar-refractivity contribution in [2.24, 2.45) is 52.3 Å². The van der Waals surface area contributed by atoms with E-state index in [2.05, 4.69) is 49.7 Å². The molecule has 0 unspecified atom stereocenters. The number of piperazine rings is 1. The third-order valence-corrected chi connectivity index (χ3v) is 13.7. The van der Waals surface area contributed by atoms with Gasteiger partial charge in [0.15, 0.2) is 0 Å². The number of aliphatic hydroxyl groups excluding tert-OH is 2. The van der Waals surface area contributed by atoms with Gasteiger partial charge in [-0.1, -0.05) is 41.0 Å². The Morgan fingerprint density at radius 3 is 2.24 bits per heavy atom. The molecule has 5 fully saturated rings. The van der Waals surface area contributed by atoms with Gasteiger partial charge in [0.2, 0.25) is 5.91 Å². The van der Waals surface area contributed by atoms with Crippen LogP contribution in [0.5, 0.6) is 0 Å². The Hall–Kier alpha value is -0.690. The van der Waals surface area contributed by atoms with Crippen LogP contribution in [0.3, 0.4) is 0 Å². The van der Waals surface area contributed by atoms with Crippen LogP contribution >= 0.6 is 0 Å². The van der Waals surface area contributed by atoms with Crippen LogP contribution in [0.15, 0.2) is 0 Å². The van der Waals surface area contributed by atoms with Crippen molar-refractivity contribution in [1.82, 2.24) is 15.1 Å². The van der Waals surface area contributed by atoms with Crippen molar-refractivity contribution in [3.05, 3.63) is 0 Å². The van der Waals surface area contributed by atoms with Crippen LogP contribution in [0.1, 0.15) is 105 Å². The largest absolute Gasteiger partial charge is 0.393 e. The predicted octanol–water partition coefficient (Wildman–Crippen LogP) is 5.17. The monoisotopic (exact) mass is 573 g/mol. The quantitative estimate of drug-likeness (QED) is 0.336. The second-order valence-electron chi connectivity index (χ2n) is 15.7. The Bertz CT molecular complexity index is 877. The first-order valence-corrected chi connectivity index (χ1v) is 17.7. The minimum atomic E-state index is -0.229. The summed E-state index contributed by atoms with van der Waals surface area (Å²) in [6.45, 7) is 19.5. The second-order valence-corrected chi connectivity index (χ2v) is 15.7. The van der Waals surface area contributed by atoms with Gasteiger partial charge >= 0.3 is 0 Å². The summed E-state index contributed by atoms with van der Waals surface area (Å²) in [6.07, 6.45) is 11.4. The van der Waals surface area contributed by atoms with Crippen molar-refractivity contribution in [1.29, 1.82) is 0 Å². The highest BCUT2D eigenvalue weighted by Crippen LogP contribution is 2.69. The van der Waals surface area contributed by atoms with Crippen LogP contribution in [0.25, 0.3) is 0 Å². The molecule has 5 rings (SSSR count). The zero-order valence-electron chi connectivity index (χ0n) is 27.1. The normalized spacial score (nSPS) is 44.1. The Labute approximate surface area is 251 Å². The van der Waals surface area contributed by atoms with Gasteiger partial charge in [-0.2, -0.15) is 0 Å². The van der Waals surface area contributed by atoms with Gasteiger partial charge in [0.05, 0.1) is 12.2 Å². The lowest BCUT2D eigenvalue weighted by Gasteiger charge is -2.64. The number of carbonyl (C=O) groups is 1. The lowest BCUT2D eigenvalue weighted by Crippen LogP contribution is -2.62. The number of aliphatic hydroxyl groups is 2. The van der Waals surface area contributed by atoms with Crippen LogP contribution in [-0.2, 0) is 4.79 Å². The third-order valence-electron chi connectivity index (χ3n) is 13.7. The molecule has 4 saturated carbocycles. The smallest absolute Gasteiger partial charge is 0.220 e. The summed E-state index contributed by atoms with van der Waals surface area (Å²) in [5.74, 6) is 3.76. The second kappa shape index (κ2) is 13.1. The van der Waals surface area contributed by atoms with Gasteiger partial charge in [-0.3, -0.25) is 9.69 Å². The summed E-state index contributed by atoms with van der Waals surface area (Å²) in [5, 5.41) is 25.7. The van der Waals surface area contributed by atoms with Crippen LogP contribution in [0.2, 0.25) is 0 Å². The van der Waals surface area contributed by atoms with Crippen molar-refractivity contribution < 1.29 is 15.0 Å². The van der Waals surface area contributed by atoms with Crippen molar-refractivity contribution in [2.45, 2.75) is 117 Å². The Kier molecular flexibility index (Phi) is 10.2. The van der Waals surface area contributed by atoms with E-state index in [-0.39, 0.29) is 28.9 Å². The number of hydrogen-bond donors (Lipinski definition) is 3. The molecular formula is C35H63N3O3. The maximum atomic E-state index is 12.8. The molecule has 236 valence electrons. The minimum absolute atomic E-state index is 0.185. The molecule has 0 aromatic heterocycles. The number of nitrogens with one attached hydrogen (secondary N) is 1. The molecule has 1 saturated heterocycles. The van der Waals surface area contributed by atoms with Gasteiger partial charge < -0.3 is 20.4 Å². The van der Waals surface area contributed by atoms with Gasteiger partial charge in [0.1, 0.15) is 0 Å². The molecule has 4 aliphatic carbocycles. The molecule has 5 aliphatic rings. The summed E-state index contributed by atoms with van der Waals surface area (Å²) in [4.78, 5) is 17.8. The van der Waals surface area contributed by atoms with E-state index in [0.717, 1.165) is 71.4 Å². The molecule has 6 heteroatoms. The molecule has 0 spiro atoms. The average molecular weight is 574 g/mol. The van der Waals surface area contributed by atoms with Crippen molar-refractivity contribution in [2.75, 3.05) is 45.8 Å². The molecule has 6 nitrogen and oxygen atoms in total. The number of nitrogens with zero attached hydrogens (tertiary/aromatic N) is 2. The number of amides is 1. The fourth-order valence-electron chi connectivity index (χ4n) is 11.5. The highest BCUT2D eigenvalue weighted by Gasteiger charge is 2.64. The van der Waals surface area contributed by atoms with E-state index < -0.39 is 0 Å². The maximum absolute atomic E-state index is 12.8. The molecule has 1 heterocycles. The van der Waals surface area contributed by atoms with E-state index in [1.807, 2.05) is 0 Å². The first-order chi connectivity index (χ1) is 19.6. The van der Waals surface area contributed by atoms with Crippen molar-refractivity contribution in [3.8, 4) is 0 Å². The zero-order chi connectivity index (χ0) is 29.4. The number of carbonyl (C=O) groups excluding carboxylic acids is 1. The highest BCUT2D eigenvalue weighted by molar-refractivity contribution is 5.75. The minimum Gasteiger partial charge on any atom is -0.393 e. The predicted molar refractivity (Wildman–Crippen MR) is 166 cm³/mol. The van der Waals surface area contributed by atoms with Gasteiger partial charge in [-0.15, -0.1) is 0 Å². The molecule has 1 aliphatic heterocycles. The van der Waals surface area contributed by atoms with E-state index in [1.54, 1.807) is 0 Å². The van der Waals surface area contributed by atoms with Crippen molar-refractivity contribution >= 4 is 5.91 Å². The number of hydrogen-bond acceptors (Lipinski definition) is 5. The molecule has 0 bridgehead atoms. The first kappa shape index (κ1) is 31.7.